The number of anilines is 1. The molecule has 2 aromatic carbocycles. The van der Waals surface area contributed by atoms with Gasteiger partial charge in [0.15, 0.2) is 0 Å². The van der Waals surface area contributed by atoms with Crippen LogP contribution in [0.4, 0.5) is 20.2 Å². The van der Waals surface area contributed by atoms with E-state index in [0.29, 0.717) is 11.8 Å². The minimum Gasteiger partial charge on any atom is -0.300 e. The number of para-hydroxylation sites is 1. The summed E-state index contributed by atoms with van der Waals surface area (Å²) in [5.41, 5.74) is 0.418. The number of amides is 1. The van der Waals surface area contributed by atoms with Crippen LogP contribution in [-0.2, 0) is 11.3 Å². The monoisotopic (exact) mass is 395 g/mol. The second-order valence-electron chi connectivity index (χ2n) is 5.99. The molecule has 0 bridgehead atoms. The molecule has 8 heteroatoms. The van der Waals surface area contributed by atoms with Gasteiger partial charge in [-0.1, -0.05) is 18.2 Å². The first-order chi connectivity index (χ1) is 14.0. The lowest BCUT2D eigenvalue weighted by atomic mass is 10.1. The smallest absolute Gasteiger partial charge is 0.276 e. The second-order valence-corrected chi connectivity index (χ2v) is 5.99. The topological polar surface area (TPSA) is 76.3 Å². The first-order valence-electron chi connectivity index (χ1n) is 8.53. The van der Waals surface area contributed by atoms with Crippen LogP contribution >= 0.6 is 0 Å². The Morgan fingerprint density at radius 1 is 1.10 bits per heavy atom. The van der Waals surface area contributed by atoms with Crippen LogP contribution < -0.4 is 4.90 Å². The first-order valence-corrected chi connectivity index (χ1v) is 8.53. The lowest BCUT2D eigenvalue weighted by molar-refractivity contribution is -0.385. The normalized spacial score (nSPS) is 10.8. The quantitative estimate of drug-likeness (QED) is 0.349. The summed E-state index contributed by atoms with van der Waals surface area (Å²) in [4.78, 5) is 28.6. The fraction of sp³-hybridized carbons (Fsp3) is 0.0476. The Balaban J connectivity index is 1.95. The molecule has 0 N–H and O–H groups in total. The summed E-state index contributed by atoms with van der Waals surface area (Å²) in [6, 6.07) is 13.9. The summed E-state index contributed by atoms with van der Waals surface area (Å²) in [6.45, 7) is -0.0660. The van der Waals surface area contributed by atoms with Crippen molar-refractivity contribution in [2.24, 2.45) is 0 Å². The standard InChI is InChI=1S/C21H15F2N3O3/c22-16-9-10-20(18(23)13-16)25(14-17-6-3-4-12-24-17)21(27)11-8-15-5-1-2-7-19(15)26(28)29/h1-13H,14H2. The SMILES string of the molecule is O=C(C=Cc1ccccc1[N+](=O)[O-])N(Cc1ccccn1)c1ccc(F)cc1F. The van der Waals surface area contributed by atoms with E-state index in [1.54, 1.807) is 24.3 Å². The summed E-state index contributed by atoms with van der Waals surface area (Å²) in [5.74, 6) is -2.32. The van der Waals surface area contributed by atoms with Gasteiger partial charge < -0.3 is 0 Å². The molecular weight excluding hydrogens is 380 g/mol. The Bertz CT molecular complexity index is 1070. The maximum atomic E-state index is 14.3. The van der Waals surface area contributed by atoms with Crippen LogP contribution in [0.5, 0.6) is 0 Å². The molecule has 0 saturated carbocycles. The molecule has 29 heavy (non-hydrogen) atoms. The molecule has 146 valence electrons. The zero-order valence-electron chi connectivity index (χ0n) is 15.0. The minimum absolute atomic E-state index is 0.0660. The maximum Gasteiger partial charge on any atom is 0.276 e. The van der Waals surface area contributed by atoms with Crippen LogP contribution in [0.2, 0.25) is 0 Å². The first kappa shape index (κ1) is 19.8. The second kappa shape index (κ2) is 8.83. The van der Waals surface area contributed by atoms with Gasteiger partial charge in [0.25, 0.3) is 11.6 Å². The molecule has 0 atom stereocenters. The van der Waals surface area contributed by atoms with Crippen molar-refractivity contribution in [1.29, 1.82) is 0 Å². The number of pyridine rings is 1. The van der Waals surface area contributed by atoms with Crippen LogP contribution in [0.25, 0.3) is 6.08 Å². The fourth-order valence-electron chi connectivity index (χ4n) is 2.68. The van der Waals surface area contributed by atoms with E-state index in [2.05, 4.69) is 4.98 Å². The van der Waals surface area contributed by atoms with E-state index in [1.165, 1.54) is 30.5 Å². The number of benzene rings is 2. The third-order valence-corrected chi connectivity index (χ3v) is 4.05. The third kappa shape index (κ3) is 4.86. The van der Waals surface area contributed by atoms with Gasteiger partial charge in [-0.15, -0.1) is 0 Å². The highest BCUT2D eigenvalue weighted by Crippen LogP contribution is 2.24. The van der Waals surface area contributed by atoms with E-state index >= 15 is 0 Å². The average molecular weight is 395 g/mol. The van der Waals surface area contributed by atoms with Crippen molar-refractivity contribution in [3.8, 4) is 0 Å². The zero-order chi connectivity index (χ0) is 20.8. The van der Waals surface area contributed by atoms with Crippen molar-refractivity contribution in [3.63, 3.8) is 0 Å². The number of carbonyl (C=O) groups is 1. The summed E-state index contributed by atoms with van der Waals surface area (Å²) >= 11 is 0. The third-order valence-electron chi connectivity index (χ3n) is 4.05. The molecule has 0 aliphatic rings. The lowest BCUT2D eigenvalue weighted by Gasteiger charge is -2.21. The van der Waals surface area contributed by atoms with Crippen LogP contribution in [-0.4, -0.2) is 15.8 Å². The van der Waals surface area contributed by atoms with Gasteiger partial charge >= 0.3 is 0 Å². The summed E-state index contributed by atoms with van der Waals surface area (Å²) < 4.78 is 27.6. The number of halogens is 2. The van der Waals surface area contributed by atoms with Crippen molar-refractivity contribution in [3.05, 3.63) is 106 Å². The van der Waals surface area contributed by atoms with Gasteiger partial charge in [0, 0.05) is 24.4 Å². The molecule has 1 amide bonds. The zero-order valence-corrected chi connectivity index (χ0v) is 15.0. The predicted octanol–water partition coefficient (Wildman–Crippen LogP) is 4.51. The van der Waals surface area contributed by atoms with Crippen molar-refractivity contribution >= 4 is 23.4 Å². The average Bonchev–Trinajstić information content (AvgIpc) is 2.71. The minimum atomic E-state index is -0.909. The molecule has 0 saturated heterocycles. The van der Waals surface area contributed by atoms with Gasteiger partial charge in [0.1, 0.15) is 11.6 Å². The van der Waals surface area contributed by atoms with E-state index in [9.17, 15) is 23.7 Å². The van der Waals surface area contributed by atoms with E-state index in [4.69, 9.17) is 0 Å². The van der Waals surface area contributed by atoms with Gasteiger partial charge in [-0.3, -0.25) is 24.8 Å². The molecule has 0 fully saturated rings. The van der Waals surface area contributed by atoms with Gasteiger partial charge in [-0.05, 0) is 36.4 Å². The molecule has 0 radical (unpaired) electrons. The molecule has 0 aliphatic carbocycles. The molecular formula is C21H15F2N3O3. The molecule has 1 heterocycles. The Morgan fingerprint density at radius 3 is 2.55 bits per heavy atom. The molecule has 3 rings (SSSR count). The van der Waals surface area contributed by atoms with E-state index in [-0.39, 0.29) is 23.5 Å². The van der Waals surface area contributed by atoms with Crippen LogP contribution in [0.1, 0.15) is 11.3 Å². The molecule has 0 spiro atoms. The molecule has 1 aromatic heterocycles. The maximum absolute atomic E-state index is 14.3. The summed E-state index contributed by atoms with van der Waals surface area (Å²) in [6.07, 6.45) is 3.92. The van der Waals surface area contributed by atoms with E-state index < -0.39 is 22.5 Å². The Kier molecular flexibility index (Phi) is 6.03. The number of aromatic nitrogens is 1. The highest BCUT2D eigenvalue weighted by molar-refractivity contribution is 6.04. The number of hydrogen-bond donors (Lipinski definition) is 0. The molecule has 0 aliphatic heterocycles. The van der Waals surface area contributed by atoms with Gasteiger partial charge in [-0.2, -0.15) is 0 Å². The van der Waals surface area contributed by atoms with Gasteiger partial charge in [-0.25, -0.2) is 8.78 Å². The van der Waals surface area contributed by atoms with Crippen molar-refractivity contribution < 1.29 is 18.5 Å². The lowest BCUT2D eigenvalue weighted by Crippen LogP contribution is -2.30. The van der Waals surface area contributed by atoms with Gasteiger partial charge in [0.2, 0.25) is 0 Å². The number of rotatable bonds is 6. The molecule has 0 unspecified atom stereocenters. The van der Waals surface area contributed by atoms with E-state index in [0.717, 1.165) is 23.1 Å². The molecule has 3 aromatic rings. The number of carbonyl (C=O) groups excluding carboxylic acids is 1. The van der Waals surface area contributed by atoms with Crippen LogP contribution in [0.15, 0.2) is 72.9 Å². The van der Waals surface area contributed by atoms with Crippen molar-refractivity contribution in [1.82, 2.24) is 4.98 Å². The molecule has 6 nitrogen and oxygen atoms in total. The number of nitro groups is 1. The fourth-order valence-corrected chi connectivity index (χ4v) is 2.68. The summed E-state index contributed by atoms with van der Waals surface area (Å²) in [5, 5.41) is 11.1. The Morgan fingerprint density at radius 2 is 1.86 bits per heavy atom. The van der Waals surface area contributed by atoms with Crippen LogP contribution in [0, 0.1) is 21.7 Å². The Labute approximate surface area is 164 Å². The number of hydrogen-bond acceptors (Lipinski definition) is 4. The predicted molar refractivity (Wildman–Crippen MR) is 104 cm³/mol. The highest BCUT2D eigenvalue weighted by atomic mass is 19.1. The van der Waals surface area contributed by atoms with E-state index in [1.807, 2.05) is 0 Å². The van der Waals surface area contributed by atoms with Crippen molar-refractivity contribution in [2.45, 2.75) is 6.54 Å². The number of nitro benzene ring substituents is 1. The summed E-state index contributed by atoms with van der Waals surface area (Å²) in [7, 11) is 0. The largest absolute Gasteiger partial charge is 0.300 e. The van der Waals surface area contributed by atoms with Gasteiger partial charge in [0.05, 0.1) is 28.4 Å². The number of nitrogens with zero attached hydrogens (tertiary/aromatic N) is 3. The van der Waals surface area contributed by atoms with Crippen molar-refractivity contribution in [2.75, 3.05) is 4.90 Å². The highest BCUT2D eigenvalue weighted by Gasteiger charge is 2.19. The Hall–Kier alpha value is -3.94. The van der Waals surface area contributed by atoms with Crippen LogP contribution in [0.3, 0.4) is 0 Å².